The van der Waals surface area contributed by atoms with Crippen molar-refractivity contribution in [2.75, 3.05) is 0 Å². The number of hydrogen-bond acceptors (Lipinski definition) is 1. The second kappa shape index (κ2) is 3.69. The van der Waals surface area contributed by atoms with Gasteiger partial charge in [-0.25, -0.2) is 0 Å². The van der Waals surface area contributed by atoms with Gasteiger partial charge >= 0.3 is 0 Å². The predicted octanol–water partition coefficient (Wildman–Crippen LogP) is 3.40. The van der Waals surface area contributed by atoms with Gasteiger partial charge in [0.05, 0.1) is 0 Å². The Labute approximate surface area is 109 Å². The lowest BCUT2D eigenvalue weighted by Crippen LogP contribution is -2.12. The summed E-state index contributed by atoms with van der Waals surface area (Å²) in [6, 6.07) is 8.41. The molecule has 1 heteroatoms. The highest BCUT2D eigenvalue weighted by Gasteiger charge is 2.66. The van der Waals surface area contributed by atoms with Crippen molar-refractivity contribution in [3.8, 4) is 0 Å². The molecule has 18 heavy (non-hydrogen) atoms. The van der Waals surface area contributed by atoms with Gasteiger partial charge in [0.25, 0.3) is 0 Å². The molecular weight excluding hydrogens is 220 g/mol. The molecule has 3 fully saturated rings. The van der Waals surface area contributed by atoms with Gasteiger partial charge in [-0.3, -0.25) is 4.79 Å². The second-order valence-corrected chi connectivity index (χ2v) is 6.65. The van der Waals surface area contributed by atoms with E-state index < -0.39 is 0 Å². The molecule has 0 amide bonds. The summed E-state index contributed by atoms with van der Waals surface area (Å²) in [6.07, 6.45) is 4.91. The highest BCUT2D eigenvalue weighted by atomic mass is 16.1. The molecule has 0 heterocycles. The molecular formula is C17H20O. The maximum atomic E-state index is 12.4. The topological polar surface area (TPSA) is 17.1 Å². The number of rotatable bonds is 3. The van der Waals surface area contributed by atoms with E-state index in [-0.39, 0.29) is 0 Å². The number of Topliss-reactive ketones (excluding diaryl/α,β-unsaturated/α-hetero) is 1. The zero-order chi connectivity index (χ0) is 12.3. The molecule has 4 atom stereocenters. The van der Waals surface area contributed by atoms with Gasteiger partial charge in [-0.1, -0.05) is 29.8 Å². The Balaban J connectivity index is 1.47. The normalized spacial score (nSPS) is 39.7. The first-order valence-corrected chi connectivity index (χ1v) is 7.32. The molecule has 94 valence electrons. The van der Waals surface area contributed by atoms with E-state index in [0.717, 1.165) is 23.7 Å². The number of ketones is 1. The summed E-state index contributed by atoms with van der Waals surface area (Å²) in [5.74, 6) is 4.36. The van der Waals surface area contributed by atoms with Crippen LogP contribution in [0.3, 0.4) is 0 Å². The van der Waals surface area contributed by atoms with Crippen molar-refractivity contribution in [1.29, 1.82) is 0 Å². The van der Waals surface area contributed by atoms with Gasteiger partial charge in [0.1, 0.15) is 5.78 Å². The van der Waals surface area contributed by atoms with Crippen LogP contribution < -0.4 is 0 Å². The fraction of sp³-hybridized carbons (Fsp3) is 0.588. The van der Waals surface area contributed by atoms with E-state index in [1.54, 1.807) is 0 Å². The fourth-order valence-electron chi connectivity index (χ4n) is 4.90. The minimum Gasteiger partial charge on any atom is -0.299 e. The maximum Gasteiger partial charge on any atom is 0.140 e. The van der Waals surface area contributed by atoms with Gasteiger partial charge in [-0.2, -0.15) is 0 Å². The van der Waals surface area contributed by atoms with Crippen molar-refractivity contribution < 1.29 is 4.79 Å². The molecule has 0 aliphatic heterocycles. The first kappa shape index (κ1) is 10.8. The Morgan fingerprint density at radius 1 is 1.22 bits per heavy atom. The molecule has 4 rings (SSSR count). The first-order valence-electron chi connectivity index (χ1n) is 7.32. The van der Waals surface area contributed by atoms with Crippen LogP contribution in [0.1, 0.15) is 30.4 Å². The van der Waals surface area contributed by atoms with Crippen LogP contribution in [0.2, 0.25) is 0 Å². The molecule has 1 nitrogen and oxygen atoms in total. The highest BCUT2D eigenvalue weighted by Crippen LogP contribution is 2.69. The van der Waals surface area contributed by atoms with Gasteiger partial charge in [0.2, 0.25) is 0 Å². The minimum atomic E-state index is 0.441. The van der Waals surface area contributed by atoms with Crippen molar-refractivity contribution in [3.63, 3.8) is 0 Å². The molecule has 0 saturated heterocycles. The van der Waals surface area contributed by atoms with Gasteiger partial charge in [0.15, 0.2) is 0 Å². The molecule has 0 aromatic heterocycles. The predicted molar refractivity (Wildman–Crippen MR) is 71.2 cm³/mol. The molecule has 1 aromatic rings. The molecule has 2 bridgehead atoms. The molecule has 4 unspecified atom stereocenters. The monoisotopic (exact) mass is 240 g/mol. The Bertz CT molecular complexity index is 488. The largest absolute Gasteiger partial charge is 0.299 e. The Hall–Kier alpha value is -1.11. The quantitative estimate of drug-likeness (QED) is 0.791. The Kier molecular flexibility index (Phi) is 2.21. The average Bonchev–Trinajstić information content (AvgIpc) is 2.79. The van der Waals surface area contributed by atoms with Crippen LogP contribution in [0.5, 0.6) is 0 Å². The summed E-state index contributed by atoms with van der Waals surface area (Å²) < 4.78 is 0. The number of carbonyl (C=O) groups is 1. The third-order valence-corrected chi connectivity index (χ3v) is 5.57. The van der Waals surface area contributed by atoms with E-state index in [1.165, 1.54) is 30.4 Å². The van der Waals surface area contributed by atoms with Crippen LogP contribution in [0.25, 0.3) is 0 Å². The maximum absolute atomic E-state index is 12.4. The van der Waals surface area contributed by atoms with E-state index in [4.69, 9.17) is 0 Å². The summed E-state index contributed by atoms with van der Waals surface area (Å²) in [5.41, 5.74) is 2.47. The number of benzene rings is 1. The van der Waals surface area contributed by atoms with Crippen LogP contribution in [-0.4, -0.2) is 5.78 Å². The van der Waals surface area contributed by atoms with Crippen LogP contribution >= 0.6 is 0 Å². The molecule has 0 spiro atoms. The summed E-state index contributed by atoms with van der Waals surface area (Å²) in [6.45, 7) is 2.10. The third-order valence-electron chi connectivity index (χ3n) is 5.57. The lowest BCUT2D eigenvalue weighted by atomic mass is 9.96. The van der Waals surface area contributed by atoms with Gasteiger partial charge in [-0.05, 0) is 55.4 Å². The second-order valence-electron chi connectivity index (χ2n) is 6.65. The summed E-state index contributed by atoms with van der Waals surface area (Å²) in [4.78, 5) is 12.4. The lowest BCUT2D eigenvalue weighted by molar-refractivity contribution is -0.120. The Morgan fingerprint density at radius 2 is 1.94 bits per heavy atom. The average molecular weight is 240 g/mol. The number of carbonyl (C=O) groups excluding carboxylic acids is 1. The van der Waals surface area contributed by atoms with Crippen molar-refractivity contribution >= 4 is 5.78 Å². The van der Waals surface area contributed by atoms with Crippen LogP contribution in [0.4, 0.5) is 0 Å². The molecule has 3 aliphatic carbocycles. The molecule has 3 saturated carbocycles. The van der Waals surface area contributed by atoms with Crippen LogP contribution in [0.15, 0.2) is 24.3 Å². The van der Waals surface area contributed by atoms with Gasteiger partial charge < -0.3 is 0 Å². The summed E-state index contributed by atoms with van der Waals surface area (Å²) in [5, 5.41) is 0. The van der Waals surface area contributed by atoms with Gasteiger partial charge in [0, 0.05) is 12.3 Å². The van der Waals surface area contributed by atoms with Crippen molar-refractivity contribution in [2.24, 2.45) is 29.6 Å². The van der Waals surface area contributed by atoms with Gasteiger partial charge in [-0.15, -0.1) is 0 Å². The highest BCUT2D eigenvalue weighted by molar-refractivity contribution is 5.86. The van der Waals surface area contributed by atoms with E-state index in [9.17, 15) is 4.79 Å². The number of aryl methyl sites for hydroxylation is 1. The SMILES string of the molecule is Cc1cccc(CC(=O)C2C3C4CCC(C4)C23)c1. The van der Waals surface area contributed by atoms with Crippen molar-refractivity contribution in [3.05, 3.63) is 35.4 Å². The van der Waals surface area contributed by atoms with Crippen molar-refractivity contribution in [1.82, 2.24) is 0 Å². The van der Waals surface area contributed by atoms with E-state index in [2.05, 4.69) is 31.2 Å². The van der Waals surface area contributed by atoms with E-state index in [1.807, 2.05) is 0 Å². The number of hydrogen-bond donors (Lipinski definition) is 0. The smallest absolute Gasteiger partial charge is 0.140 e. The standard InChI is InChI=1S/C17H20O/c1-10-3-2-4-11(7-10)8-14(18)17-15-12-5-6-13(9-12)16(15)17/h2-4,7,12-13,15-17H,5-6,8-9H2,1H3. The summed E-state index contributed by atoms with van der Waals surface area (Å²) in [7, 11) is 0. The van der Waals surface area contributed by atoms with Crippen LogP contribution in [0, 0.1) is 36.5 Å². The zero-order valence-electron chi connectivity index (χ0n) is 10.9. The fourth-order valence-corrected chi connectivity index (χ4v) is 4.90. The number of fused-ring (bicyclic) bond motifs is 5. The molecule has 1 aromatic carbocycles. The summed E-state index contributed by atoms with van der Waals surface area (Å²) >= 11 is 0. The van der Waals surface area contributed by atoms with Crippen molar-refractivity contribution in [2.45, 2.75) is 32.6 Å². The zero-order valence-corrected chi connectivity index (χ0v) is 10.9. The third kappa shape index (κ3) is 1.49. The molecule has 3 aliphatic rings. The first-order chi connectivity index (χ1) is 8.74. The Morgan fingerprint density at radius 3 is 2.61 bits per heavy atom. The van der Waals surface area contributed by atoms with Crippen LogP contribution in [-0.2, 0) is 11.2 Å². The van der Waals surface area contributed by atoms with E-state index in [0.29, 0.717) is 18.1 Å². The lowest BCUT2D eigenvalue weighted by Gasteiger charge is -2.08. The minimum absolute atomic E-state index is 0.441. The van der Waals surface area contributed by atoms with E-state index >= 15 is 0 Å². The molecule has 0 radical (unpaired) electrons. The molecule has 0 N–H and O–H groups in total.